The number of pyridine rings is 1. The molecule has 1 heterocycles. The predicted octanol–water partition coefficient (Wildman–Crippen LogP) is 1.83. The molecule has 0 N–H and O–H groups in total. The van der Waals surface area contributed by atoms with Crippen molar-refractivity contribution in [2.75, 3.05) is 7.11 Å². The third-order valence-electron chi connectivity index (χ3n) is 1.78. The number of nitriles is 1. The lowest BCUT2D eigenvalue weighted by Gasteiger charge is -2.08. The molecule has 0 bridgehead atoms. The van der Waals surface area contributed by atoms with Gasteiger partial charge in [-0.1, -0.05) is 0 Å². The van der Waals surface area contributed by atoms with E-state index in [0.717, 1.165) is 13.2 Å². The molecule has 5 nitrogen and oxygen atoms in total. The zero-order chi connectivity index (χ0) is 13.2. The lowest BCUT2D eigenvalue weighted by molar-refractivity contribution is 0.144. The number of alkyl halides is 2. The standard InChI is InChI=1S/C8H5ClF2N2O3S/c1-16-5-2-6(17(9,14)15)13-7(8(10)11)4(5)3-12/h2,8H,1H3. The highest BCUT2D eigenvalue weighted by molar-refractivity contribution is 8.13. The Morgan fingerprint density at radius 1 is 1.59 bits per heavy atom. The fraction of sp³-hybridized carbons (Fsp3) is 0.250. The average Bonchev–Trinajstić information content (AvgIpc) is 2.25. The van der Waals surface area contributed by atoms with Gasteiger partial charge in [0, 0.05) is 16.7 Å². The van der Waals surface area contributed by atoms with Crippen molar-refractivity contribution in [2.45, 2.75) is 11.5 Å². The minimum absolute atomic E-state index is 0.322. The lowest BCUT2D eigenvalue weighted by atomic mass is 10.2. The van der Waals surface area contributed by atoms with E-state index in [9.17, 15) is 17.2 Å². The molecule has 9 heteroatoms. The van der Waals surface area contributed by atoms with Crippen LogP contribution in [-0.2, 0) is 9.05 Å². The molecule has 0 fully saturated rings. The van der Waals surface area contributed by atoms with Crippen LogP contribution in [0.3, 0.4) is 0 Å². The van der Waals surface area contributed by atoms with E-state index in [1.807, 2.05) is 0 Å². The highest BCUT2D eigenvalue weighted by Gasteiger charge is 2.24. The van der Waals surface area contributed by atoms with Crippen molar-refractivity contribution in [3.8, 4) is 11.8 Å². The van der Waals surface area contributed by atoms with E-state index >= 15 is 0 Å². The van der Waals surface area contributed by atoms with Crippen LogP contribution in [0.15, 0.2) is 11.1 Å². The van der Waals surface area contributed by atoms with Gasteiger partial charge in [0.05, 0.1) is 7.11 Å². The van der Waals surface area contributed by atoms with Crippen molar-refractivity contribution < 1.29 is 21.9 Å². The molecule has 0 amide bonds. The normalized spacial score (nSPS) is 11.3. The third kappa shape index (κ3) is 2.81. The first kappa shape index (κ1) is 13.6. The van der Waals surface area contributed by atoms with Gasteiger partial charge in [-0.15, -0.1) is 0 Å². The lowest BCUT2D eigenvalue weighted by Crippen LogP contribution is -2.05. The minimum Gasteiger partial charge on any atom is -0.495 e. The van der Waals surface area contributed by atoms with Crippen molar-refractivity contribution in [3.05, 3.63) is 17.3 Å². The molecule has 1 aromatic rings. The van der Waals surface area contributed by atoms with Crippen molar-refractivity contribution >= 4 is 19.7 Å². The monoisotopic (exact) mass is 282 g/mol. The van der Waals surface area contributed by atoms with Crippen LogP contribution in [-0.4, -0.2) is 20.5 Å². The summed E-state index contributed by atoms with van der Waals surface area (Å²) in [7, 11) is 1.82. The summed E-state index contributed by atoms with van der Waals surface area (Å²) in [4.78, 5) is 3.15. The second kappa shape index (κ2) is 4.81. The summed E-state index contributed by atoms with van der Waals surface area (Å²) in [5, 5.41) is 7.90. The van der Waals surface area contributed by atoms with Crippen LogP contribution in [0.5, 0.6) is 5.75 Å². The van der Waals surface area contributed by atoms with Gasteiger partial charge in [-0.3, -0.25) is 0 Å². The SMILES string of the molecule is COc1cc(S(=O)(=O)Cl)nc(C(F)F)c1C#N. The van der Waals surface area contributed by atoms with E-state index in [4.69, 9.17) is 15.9 Å². The number of nitrogens with zero attached hydrogens (tertiary/aromatic N) is 2. The van der Waals surface area contributed by atoms with Crippen LogP contribution in [0.1, 0.15) is 17.7 Å². The molecular weight excluding hydrogens is 278 g/mol. The Balaban J connectivity index is 3.65. The van der Waals surface area contributed by atoms with E-state index in [1.54, 1.807) is 0 Å². The average molecular weight is 283 g/mol. The highest BCUT2D eigenvalue weighted by Crippen LogP contribution is 2.30. The zero-order valence-corrected chi connectivity index (χ0v) is 9.89. The van der Waals surface area contributed by atoms with Gasteiger partial charge in [-0.05, 0) is 0 Å². The first-order chi connectivity index (χ1) is 7.81. The topological polar surface area (TPSA) is 80.1 Å². The van der Waals surface area contributed by atoms with Gasteiger partial charge in [0.15, 0.2) is 5.03 Å². The van der Waals surface area contributed by atoms with Gasteiger partial charge in [-0.25, -0.2) is 22.2 Å². The second-order valence-electron chi connectivity index (χ2n) is 2.77. The maximum Gasteiger partial charge on any atom is 0.281 e. The van der Waals surface area contributed by atoms with Crippen molar-refractivity contribution in [1.82, 2.24) is 4.98 Å². The summed E-state index contributed by atoms with van der Waals surface area (Å²) >= 11 is 0. The first-order valence-corrected chi connectivity index (χ1v) is 6.34. The summed E-state index contributed by atoms with van der Waals surface area (Å²) in [5.41, 5.74) is -1.50. The molecule has 0 aliphatic rings. The molecule has 0 radical (unpaired) electrons. The van der Waals surface area contributed by atoms with E-state index in [1.165, 1.54) is 6.07 Å². The van der Waals surface area contributed by atoms with Gasteiger partial charge in [-0.2, -0.15) is 5.26 Å². The van der Waals surface area contributed by atoms with Gasteiger partial charge >= 0.3 is 0 Å². The molecule has 0 saturated carbocycles. The molecule has 1 rings (SSSR count). The predicted molar refractivity (Wildman–Crippen MR) is 53.5 cm³/mol. The zero-order valence-electron chi connectivity index (χ0n) is 8.32. The second-order valence-corrected chi connectivity index (χ2v) is 5.29. The maximum absolute atomic E-state index is 12.6. The summed E-state index contributed by atoms with van der Waals surface area (Å²) in [6.45, 7) is 0. The number of hydrogen-bond donors (Lipinski definition) is 0. The maximum atomic E-state index is 12.6. The van der Waals surface area contributed by atoms with Gasteiger partial charge in [0.1, 0.15) is 23.1 Å². The Morgan fingerprint density at radius 2 is 2.18 bits per heavy atom. The van der Waals surface area contributed by atoms with Crippen LogP contribution < -0.4 is 4.74 Å². The Hall–Kier alpha value is -1.46. The van der Waals surface area contributed by atoms with Crippen LogP contribution in [0.4, 0.5) is 8.78 Å². The number of hydrogen-bond acceptors (Lipinski definition) is 5. The molecule has 17 heavy (non-hydrogen) atoms. The van der Waals surface area contributed by atoms with Crippen molar-refractivity contribution in [3.63, 3.8) is 0 Å². The highest BCUT2D eigenvalue weighted by atomic mass is 35.7. The van der Waals surface area contributed by atoms with Crippen LogP contribution in [0.2, 0.25) is 0 Å². The molecule has 0 aliphatic carbocycles. The fourth-order valence-electron chi connectivity index (χ4n) is 1.07. The number of ether oxygens (including phenoxy) is 1. The quantitative estimate of drug-likeness (QED) is 0.790. The fourth-order valence-corrected chi connectivity index (χ4v) is 1.77. The summed E-state index contributed by atoms with van der Waals surface area (Å²) in [6.07, 6.45) is -3.11. The Labute approximate surface area is 100 Å². The molecule has 0 spiro atoms. The molecule has 0 aliphatic heterocycles. The molecule has 92 valence electrons. The summed E-state index contributed by atoms with van der Waals surface area (Å²) < 4.78 is 51.8. The van der Waals surface area contributed by atoms with Crippen molar-refractivity contribution in [1.29, 1.82) is 5.26 Å². The van der Waals surface area contributed by atoms with E-state index in [0.29, 0.717) is 0 Å². The Kier molecular flexibility index (Phi) is 3.85. The first-order valence-electron chi connectivity index (χ1n) is 4.03. The molecule has 0 atom stereocenters. The molecule has 0 aromatic carbocycles. The number of methoxy groups -OCH3 is 1. The summed E-state index contributed by atoms with van der Waals surface area (Å²) in [5.74, 6) is -0.322. The van der Waals surface area contributed by atoms with E-state index in [2.05, 4.69) is 9.72 Å². The number of halogens is 3. The minimum atomic E-state index is -4.28. The Bertz CT molecular complexity index is 583. The Morgan fingerprint density at radius 3 is 2.53 bits per heavy atom. The molecule has 1 aromatic heterocycles. The van der Waals surface area contributed by atoms with Crippen LogP contribution >= 0.6 is 10.7 Å². The number of aromatic nitrogens is 1. The number of rotatable bonds is 3. The van der Waals surface area contributed by atoms with E-state index < -0.39 is 31.8 Å². The van der Waals surface area contributed by atoms with Gasteiger partial charge < -0.3 is 4.74 Å². The smallest absolute Gasteiger partial charge is 0.281 e. The molecular formula is C8H5ClF2N2O3S. The van der Waals surface area contributed by atoms with Crippen molar-refractivity contribution in [2.24, 2.45) is 0 Å². The molecule has 0 unspecified atom stereocenters. The molecule has 0 saturated heterocycles. The van der Waals surface area contributed by atoms with E-state index in [-0.39, 0.29) is 5.75 Å². The van der Waals surface area contributed by atoms with Gasteiger partial charge in [0.25, 0.3) is 15.5 Å². The van der Waals surface area contributed by atoms with Crippen LogP contribution in [0.25, 0.3) is 0 Å². The summed E-state index contributed by atoms with van der Waals surface area (Å²) in [6, 6.07) is 2.28. The largest absolute Gasteiger partial charge is 0.495 e. The third-order valence-corrected chi connectivity index (χ3v) is 2.96. The van der Waals surface area contributed by atoms with Crippen LogP contribution in [0, 0.1) is 11.3 Å². The van der Waals surface area contributed by atoms with Gasteiger partial charge in [0.2, 0.25) is 0 Å².